The Labute approximate surface area is 138 Å². The van der Waals surface area contributed by atoms with Crippen LogP contribution in [0.1, 0.15) is 57.2 Å². The SMILES string of the molecule is CCN(CC)CCCC(C)NC1CCc2cc(Br)ccc21. The number of hydrogen-bond acceptors (Lipinski definition) is 2. The first-order valence-corrected chi connectivity index (χ1v) is 9.20. The Balaban J connectivity index is 1.78. The molecule has 21 heavy (non-hydrogen) atoms. The van der Waals surface area contributed by atoms with Gasteiger partial charge in [-0.15, -0.1) is 0 Å². The Morgan fingerprint density at radius 1 is 1.33 bits per heavy atom. The standard InChI is InChI=1S/C18H29BrN2/c1-4-21(5-2)12-6-7-14(3)20-18-11-8-15-13-16(19)9-10-17(15)18/h9-10,13-14,18,20H,4-8,11-12H2,1-3H3. The van der Waals surface area contributed by atoms with Gasteiger partial charge in [0.2, 0.25) is 0 Å². The third-order valence-corrected chi connectivity index (χ3v) is 5.17. The summed E-state index contributed by atoms with van der Waals surface area (Å²) in [5.74, 6) is 0. The van der Waals surface area contributed by atoms with Gasteiger partial charge >= 0.3 is 0 Å². The van der Waals surface area contributed by atoms with Gasteiger partial charge in [0.05, 0.1) is 0 Å². The lowest BCUT2D eigenvalue weighted by molar-refractivity contribution is 0.288. The van der Waals surface area contributed by atoms with Crippen LogP contribution in [-0.4, -0.2) is 30.6 Å². The molecule has 1 aromatic rings. The third kappa shape index (κ3) is 4.80. The predicted octanol–water partition coefficient (Wildman–Crippen LogP) is 4.54. The lowest BCUT2D eigenvalue weighted by Gasteiger charge is -2.22. The highest BCUT2D eigenvalue weighted by Gasteiger charge is 2.23. The summed E-state index contributed by atoms with van der Waals surface area (Å²) in [5, 5.41) is 3.83. The van der Waals surface area contributed by atoms with Gasteiger partial charge in [-0.3, -0.25) is 0 Å². The molecule has 0 fully saturated rings. The molecule has 0 spiro atoms. The highest BCUT2D eigenvalue weighted by Crippen LogP contribution is 2.33. The van der Waals surface area contributed by atoms with Crippen LogP contribution in [0.15, 0.2) is 22.7 Å². The topological polar surface area (TPSA) is 15.3 Å². The van der Waals surface area contributed by atoms with Gasteiger partial charge in [0, 0.05) is 16.6 Å². The maximum absolute atomic E-state index is 3.83. The van der Waals surface area contributed by atoms with E-state index in [0.29, 0.717) is 12.1 Å². The van der Waals surface area contributed by atoms with Gasteiger partial charge in [-0.25, -0.2) is 0 Å². The second-order valence-corrected chi connectivity index (χ2v) is 7.09. The van der Waals surface area contributed by atoms with Gasteiger partial charge in [0.15, 0.2) is 0 Å². The number of aryl methyl sites for hydroxylation is 1. The van der Waals surface area contributed by atoms with Crippen LogP contribution >= 0.6 is 15.9 Å². The fraction of sp³-hybridized carbons (Fsp3) is 0.667. The molecule has 0 heterocycles. The van der Waals surface area contributed by atoms with Crippen molar-refractivity contribution in [3.63, 3.8) is 0 Å². The minimum absolute atomic E-state index is 0.552. The maximum atomic E-state index is 3.83. The van der Waals surface area contributed by atoms with E-state index in [9.17, 15) is 0 Å². The van der Waals surface area contributed by atoms with Crippen molar-refractivity contribution in [2.75, 3.05) is 19.6 Å². The van der Waals surface area contributed by atoms with E-state index >= 15 is 0 Å². The molecule has 118 valence electrons. The number of hydrogen-bond donors (Lipinski definition) is 1. The minimum atomic E-state index is 0.552. The molecule has 2 unspecified atom stereocenters. The molecule has 1 aliphatic carbocycles. The van der Waals surface area contributed by atoms with Gasteiger partial charge in [-0.1, -0.05) is 35.8 Å². The predicted molar refractivity (Wildman–Crippen MR) is 94.8 cm³/mol. The maximum Gasteiger partial charge on any atom is 0.0328 e. The zero-order valence-corrected chi connectivity index (χ0v) is 15.2. The number of rotatable bonds is 8. The van der Waals surface area contributed by atoms with Crippen LogP contribution in [-0.2, 0) is 6.42 Å². The summed E-state index contributed by atoms with van der Waals surface area (Å²) in [5.41, 5.74) is 3.02. The molecule has 3 heteroatoms. The summed E-state index contributed by atoms with van der Waals surface area (Å²) in [6, 6.07) is 7.88. The normalized spacial score (nSPS) is 19.0. The van der Waals surface area contributed by atoms with E-state index in [-0.39, 0.29) is 0 Å². The Hall–Kier alpha value is -0.380. The van der Waals surface area contributed by atoms with E-state index in [0.717, 1.165) is 0 Å². The molecule has 1 aromatic carbocycles. The van der Waals surface area contributed by atoms with Crippen molar-refractivity contribution < 1.29 is 0 Å². The molecule has 2 nitrogen and oxygen atoms in total. The van der Waals surface area contributed by atoms with Crippen molar-refractivity contribution in [3.8, 4) is 0 Å². The number of halogens is 1. The van der Waals surface area contributed by atoms with E-state index in [2.05, 4.69) is 65.1 Å². The zero-order valence-electron chi connectivity index (χ0n) is 13.7. The van der Waals surface area contributed by atoms with Crippen LogP contribution in [0.3, 0.4) is 0 Å². The Morgan fingerprint density at radius 2 is 2.10 bits per heavy atom. The second kappa shape index (κ2) is 8.30. The zero-order chi connectivity index (χ0) is 15.2. The lowest BCUT2D eigenvalue weighted by atomic mass is 10.1. The van der Waals surface area contributed by atoms with E-state index in [1.165, 1.54) is 60.9 Å². The third-order valence-electron chi connectivity index (χ3n) is 4.67. The quantitative estimate of drug-likeness (QED) is 0.738. The number of nitrogens with zero attached hydrogens (tertiary/aromatic N) is 1. The van der Waals surface area contributed by atoms with Crippen LogP contribution in [0.5, 0.6) is 0 Å². The molecule has 1 aliphatic rings. The first-order chi connectivity index (χ1) is 10.1. The molecule has 0 saturated carbocycles. The van der Waals surface area contributed by atoms with E-state index in [4.69, 9.17) is 0 Å². The molecule has 0 radical (unpaired) electrons. The van der Waals surface area contributed by atoms with E-state index in [1.807, 2.05) is 0 Å². The monoisotopic (exact) mass is 352 g/mol. The molecule has 0 saturated heterocycles. The van der Waals surface area contributed by atoms with E-state index < -0.39 is 0 Å². The lowest BCUT2D eigenvalue weighted by Crippen LogP contribution is -2.31. The molecule has 2 rings (SSSR count). The first-order valence-electron chi connectivity index (χ1n) is 8.40. The molecular weight excluding hydrogens is 324 g/mol. The number of nitrogens with one attached hydrogen (secondary N) is 1. The fourth-order valence-corrected chi connectivity index (χ4v) is 3.76. The van der Waals surface area contributed by atoms with Gasteiger partial charge in [0.25, 0.3) is 0 Å². The molecule has 2 atom stereocenters. The van der Waals surface area contributed by atoms with Gasteiger partial charge in [-0.2, -0.15) is 0 Å². The highest BCUT2D eigenvalue weighted by atomic mass is 79.9. The summed E-state index contributed by atoms with van der Waals surface area (Å²) in [6.45, 7) is 10.4. The van der Waals surface area contributed by atoms with Gasteiger partial charge < -0.3 is 10.2 Å². The second-order valence-electron chi connectivity index (χ2n) is 6.17. The number of benzene rings is 1. The average molecular weight is 353 g/mol. The summed E-state index contributed by atoms with van der Waals surface area (Å²) < 4.78 is 1.20. The molecule has 1 N–H and O–H groups in total. The largest absolute Gasteiger partial charge is 0.307 e. The van der Waals surface area contributed by atoms with Crippen LogP contribution in [0.2, 0.25) is 0 Å². The van der Waals surface area contributed by atoms with Crippen LogP contribution < -0.4 is 5.32 Å². The van der Waals surface area contributed by atoms with Crippen molar-refractivity contribution in [2.45, 2.75) is 58.5 Å². The average Bonchev–Trinajstić information content (AvgIpc) is 2.85. The summed E-state index contributed by atoms with van der Waals surface area (Å²) in [6.07, 6.45) is 5.00. The van der Waals surface area contributed by atoms with Gasteiger partial charge in [0.1, 0.15) is 0 Å². The summed E-state index contributed by atoms with van der Waals surface area (Å²) in [7, 11) is 0. The Kier molecular flexibility index (Phi) is 6.72. The van der Waals surface area contributed by atoms with Crippen LogP contribution in [0, 0.1) is 0 Å². The molecular formula is C18H29BrN2. The molecule has 0 aliphatic heterocycles. The fourth-order valence-electron chi connectivity index (χ4n) is 3.35. The molecule has 0 bridgehead atoms. The van der Waals surface area contributed by atoms with Crippen molar-refractivity contribution in [3.05, 3.63) is 33.8 Å². The van der Waals surface area contributed by atoms with Crippen LogP contribution in [0.25, 0.3) is 0 Å². The molecule has 0 aromatic heterocycles. The van der Waals surface area contributed by atoms with Crippen LogP contribution in [0.4, 0.5) is 0 Å². The summed E-state index contributed by atoms with van der Waals surface area (Å²) in [4.78, 5) is 2.51. The Bertz CT molecular complexity index is 443. The molecule has 0 amide bonds. The van der Waals surface area contributed by atoms with Crippen molar-refractivity contribution in [1.29, 1.82) is 0 Å². The summed E-state index contributed by atoms with van der Waals surface area (Å²) >= 11 is 3.57. The van der Waals surface area contributed by atoms with Crippen molar-refractivity contribution >= 4 is 15.9 Å². The van der Waals surface area contributed by atoms with Crippen molar-refractivity contribution in [2.24, 2.45) is 0 Å². The first kappa shape index (κ1) is 17.0. The minimum Gasteiger partial charge on any atom is -0.307 e. The van der Waals surface area contributed by atoms with Crippen molar-refractivity contribution in [1.82, 2.24) is 10.2 Å². The highest BCUT2D eigenvalue weighted by molar-refractivity contribution is 9.10. The Morgan fingerprint density at radius 3 is 2.81 bits per heavy atom. The smallest absolute Gasteiger partial charge is 0.0328 e. The van der Waals surface area contributed by atoms with Gasteiger partial charge in [-0.05, 0) is 75.5 Å². The van der Waals surface area contributed by atoms with E-state index in [1.54, 1.807) is 0 Å². The number of fused-ring (bicyclic) bond motifs is 1.